The topological polar surface area (TPSA) is 61.8 Å². The first-order chi connectivity index (χ1) is 8.22. The molecule has 86 valence electrons. The van der Waals surface area contributed by atoms with E-state index >= 15 is 0 Å². The molecule has 0 aliphatic carbocycles. The third kappa shape index (κ3) is 1.75. The minimum absolute atomic E-state index is 0.0211. The standard InChI is InChI=1S/C12H8O5/c13-11-5-8(12(14)17-11)3-7-1-2-9-10(4-7)16-6-15-9/h1-4H,5-6H2. The molecule has 5 nitrogen and oxygen atoms in total. The van der Waals surface area contributed by atoms with E-state index in [4.69, 9.17) is 9.47 Å². The van der Waals surface area contributed by atoms with Gasteiger partial charge in [0, 0.05) is 5.57 Å². The molecule has 1 fully saturated rings. The lowest BCUT2D eigenvalue weighted by Gasteiger charge is -1.98. The highest BCUT2D eigenvalue weighted by atomic mass is 16.7. The third-order valence-corrected chi connectivity index (χ3v) is 2.54. The average molecular weight is 232 g/mol. The predicted octanol–water partition coefficient (Wildman–Crippen LogP) is 1.27. The molecule has 0 spiro atoms. The number of carbonyl (C=O) groups excluding carboxylic acids is 2. The van der Waals surface area contributed by atoms with E-state index in [9.17, 15) is 9.59 Å². The molecule has 2 aliphatic rings. The number of cyclic esters (lactones) is 2. The van der Waals surface area contributed by atoms with Crippen molar-refractivity contribution in [1.29, 1.82) is 0 Å². The zero-order valence-electron chi connectivity index (χ0n) is 8.76. The van der Waals surface area contributed by atoms with Gasteiger partial charge in [0.25, 0.3) is 0 Å². The normalized spacial score (nSPS) is 19.9. The summed E-state index contributed by atoms with van der Waals surface area (Å²) in [5.74, 6) is 0.226. The van der Waals surface area contributed by atoms with Crippen LogP contribution in [-0.2, 0) is 14.3 Å². The highest BCUT2D eigenvalue weighted by Crippen LogP contribution is 2.33. The van der Waals surface area contributed by atoms with E-state index in [2.05, 4.69) is 4.74 Å². The molecule has 0 N–H and O–H groups in total. The highest BCUT2D eigenvalue weighted by Gasteiger charge is 2.26. The summed E-state index contributed by atoms with van der Waals surface area (Å²) in [6.45, 7) is 0.204. The number of hydrogen-bond acceptors (Lipinski definition) is 5. The molecule has 0 amide bonds. The fourth-order valence-electron chi connectivity index (χ4n) is 1.75. The van der Waals surface area contributed by atoms with Crippen LogP contribution in [0.3, 0.4) is 0 Å². The quantitative estimate of drug-likeness (QED) is 0.414. The van der Waals surface area contributed by atoms with Gasteiger partial charge in [-0.1, -0.05) is 6.07 Å². The Morgan fingerprint density at radius 3 is 2.71 bits per heavy atom. The van der Waals surface area contributed by atoms with Crippen molar-refractivity contribution >= 4 is 18.0 Å². The Morgan fingerprint density at radius 2 is 1.94 bits per heavy atom. The highest BCUT2D eigenvalue weighted by molar-refractivity contribution is 6.08. The van der Waals surface area contributed by atoms with Gasteiger partial charge in [-0.2, -0.15) is 0 Å². The molecule has 0 atom stereocenters. The lowest BCUT2D eigenvalue weighted by molar-refractivity contribution is -0.151. The van der Waals surface area contributed by atoms with Gasteiger partial charge in [0.2, 0.25) is 6.79 Å². The van der Waals surface area contributed by atoms with E-state index in [1.165, 1.54) is 0 Å². The van der Waals surface area contributed by atoms with E-state index in [1.807, 2.05) is 0 Å². The van der Waals surface area contributed by atoms with Crippen molar-refractivity contribution in [2.45, 2.75) is 6.42 Å². The van der Waals surface area contributed by atoms with E-state index in [0.717, 1.165) is 5.56 Å². The second kappa shape index (κ2) is 3.62. The van der Waals surface area contributed by atoms with Crippen LogP contribution in [0.15, 0.2) is 23.8 Å². The summed E-state index contributed by atoms with van der Waals surface area (Å²) < 4.78 is 14.8. The van der Waals surface area contributed by atoms with E-state index in [-0.39, 0.29) is 13.2 Å². The lowest BCUT2D eigenvalue weighted by atomic mass is 10.1. The van der Waals surface area contributed by atoms with Crippen LogP contribution in [0.5, 0.6) is 11.5 Å². The maximum absolute atomic E-state index is 11.3. The maximum Gasteiger partial charge on any atom is 0.342 e. The fourth-order valence-corrected chi connectivity index (χ4v) is 1.75. The van der Waals surface area contributed by atoms with Crippen LogP contribution in [-0.4, -0.2) is 18.7 Å². The van der Waals surface area contributed by atoms with Gasteiger partial charge in [-0.25, -0.2) is 4.79 Å². The van der Waals surface area contributed by atoms with E-state index in [1.54, 1.807) is 24.3 Å². The molecule has 0 aromatic heterocycles. The molecule has 0 saturated carbocycles. The van der Waals surface area contributed by atoms with E-state index < -0.39 is 11.9 Å². The molecule has 5 heteroatoms. The first kappa shape index (κ1) is 9.89. The van der Waals surface area contributed by atoms with Crippen molar-refractivity contribution in [2.24, 2.45) is 0 Å². The van der Waals surface area contributed by atoms with Gasteiger partial charge in [-0.3, -0.25) is 4.79 Å². The smallest absolute Gasteiger partial charge is 0.342 e. The fraction of sp³-hybridized carbons (Fsp3) is 0.167. The Kier molecular flexibility index (Phi) is 2.11. The summed E-state index contributed by atoms with van der Waals surface area (Å²) >= 11 is 0. The third-order valence-electron chi connectivity index (χ3n) is 2.54. The molecule has 17 heavy (non-hydrogen) atoms. The molecule has 1 aromatic carbocycles. The molecule has 0 radical (unpaired) electrons. The Bertz CT molecular complexity index is 544. The van der Waals surface area contributed by atoms with Crippen LogP contribution >= 0.6 is 0 Å². The lowest BCUT2D eigenvalue weighted by Crippen LogP contribution is -1.96. The summed E-state index contributed by atoms with van der Waals surface area (Å²) in [7, 11) is 0. The molecule has 3 rings (SSSR count). The Labute approximate surface area is 96.6 Å². The minimum atomic E-state index is -0.576. The summed E-state index contributed by atoms with van der Waals surface area (Å²) in [4.78, 5) is 22.2. The zero-order valence-corrected chi connectivity index (χ0v) is 8.76. The molecule has 0 bridgehead atoms. The van der Waals surface area contributed by atoms with E-state index in [0.29, 0.717) is 17.1 Å². The van der Waals surface area contributed by atoms with Crippen LogP contribution in [0.2, 0.25) is 0 Å². The average Bonchev–Trinajstić information content (AvgIpc) is 2.85. The monoisotopic (exact) mass is 232 g/mol. The number of fused-ring (bicyclic) bond motifs is 1. The molecule has 1 saturated heterocycles. The summed E-state index contributed by atoms with van der Waals surface area (Å²) in [5, 5.41) is 0. The molecular weight excluding hydrogens is 224 g/mol. The van der Waals surface area contributed by atoms with Gasteiger partial charge in [0.05, 0.1) is 6.42 Å². The van der Waals surface area contributed by atoms with Crippen LogP contribution in [0.1, 0.15) is 12.0 Å². The summed E-state index contributed by atoms with van der Waals surface area (Å²) in [6.07, 6.45) is 1.64. The van der Waals surface area contributed by atoms with Crippen LogP contribution in [0, 0.1) is 0 Å². The van der Waals surface area contributed by atoms with Gasteiger partial charge in [-0.15, -0.1) is 0 Å². The molecule has 2 heterocycles. The molecule has 0 unspecified atom stereocenters. The first-order valence-corrected chi connectivity index (χ1v) is 5.07. The van der Waals surface area contributed by atoms with Crippen molar-refractivity contribution < 1.29 is 23.8 Å². The van der Waals surface area contributed by atoms with Crippen molar-refractivity contribution in [1.82, 2.24) is 0 Å². The zero-order chi connectivity index (χ0) is 11.8. The summed E-state index contributed by atoms with van der Waals surface area (Å²) in [6, 6.07) is 5.30. The minimum Gasteiger partial charge on any atom is -0.454 e. The number of carbonyl (C=O) groups is 2. The molecule has 2 aliphatic heterocycles. The van der Waals surface area contributed by atoms with Crippen molar-refractivity contribution in [3.63, 3.8) is 0 Å². The van der Waals surface area contributed by atoms with Crippen molar-refractivity contribution in [3.8, 4) is 11.5 Å². The van der Waals surface area contributed by atoms with Crippen LogP contribution in [0.25, 0.3) is 6.08 Å². The Balaban J connectivity index is 1.93. The van der Waals surface area contributed by atoms with Crippen LogP contribution in [0.4, 0.5) is 0 Å². The first-order valence-electron chi connectivity index (χ1n) is 5.07. The second-order valence-electron chi connectivity index (χ2n) is 3.72. The number of rotatable bonds is 1. The van der Waals surface area contributed by atoms with Gasteiger partial charge in [0.15, 0.2) is 11.5 Å². The predicted molar refractivity (Wildman–Crippen MR) is 56.3 cm³/mol. The maximum atomic E-state index is 11.3. The van der Waals surface area contributed by atoms with Crippen molar-refractivity contribution in [3.05, 3.63) is 29.3 Å². The van der Waals surface area contributed by atoms with Crippen molar-refractivity contribution in [2.75, 3.05) is 6.79 Å². The molecule has 1 aromatic rings. The largest absolute Gasteiger partial charge is 0.454 e. The van der Waals surface area contributed by atoms with Gasteiger partial charge >= 0.3 is 11.9 Å². The Morgan fingerprint density at radius 1 is 1.12 bits per heavy atom. The summed E-state index contributed by atoms with van der Waals surface area (Å²) in [5.41, 5.74) is 1.13. The second-order valence-corrected chi connectivity index (χ2v) is 3.72. The number of ether oxygens (including phenoxy) is 3. The SMILES string of the molecule is O=C1CC(=Cc2ccc3c(c2)OCO3)C(=O)O1. The van der Waals surface area contributed by atoms with Gasteiger partial charge in [-0.05, 0) is 23.8 Å². The number of esters is 2. The molecular formula is C12H8O5. The van der Waals surface area contributed by atoms with Crippen LogP contribution < -0.4 is 9.47 Å². The number of benzene rings is 1. The van der Waals surface area contributed by atoms with Gasteiger partial charge < -0.3 is 14.2 Å². The Hall–Kier alpha value is -2.30. The number of hydrogen-bond donors (Lipinski definition) is 0. The van der Waals surface area contributed by atoms with Gasteiger partial charge in [0.1, 0.15) is 0 Å².